The second kappa shape index (κ2) is 14.7. The molecule has 0 heterocycles. The van der Waals surface area contributed by atoms with Gasteiger partial charge >= 0.3 is 0 Å². The Balaban J connectivity index is 2.07. The molecule has 2 amide bonds. The molecule has 3 aromatic rings. The largest absolute Gasteiger partial charge is 0.354 e. The molecule has 0 aliphatic rings. The number of halogens is 2. The number of benzene rings is 3. The molecule has 0 saturated heterocycles. The van der Waals surface area contributed by atoms with Gasteiger partial charge in [-0.25, -0.2) is 8.42 Å². The van der Waals surface area contributed by atoms with Crippen molar-refractivity contribution in [2.75, 3.05) is 17.4 Å². The minimum Gasteiger partial charge on any atom is -0.354 e. The van der Waals surface area contributed by atoms with Gasteiger partial charge in [-0.1, -0.05) is 97.1 Å². The highest BCUT2D eigenvalue weighted by atomic mass is 35.5. The highest BCUT2D eigenvalue weighted by Gasteiger charge is 2.34. The fraction of sp³-hybridized carbons (Fsp3) is 0.355. The Morgan fingerprint density at radius 1 is 0.902 bits per heavy atom. The summed E-state index contributed by atoms with van der Waals surface area (Å²) in [4.78, 5) is 28.8. The molecule has 3 aromatic carbocycles. The van der Waals surface area contributed by atoms with Crippen LogP contribution in [0, 0.1) is 13.8 Å². The molecule has 0 radical (unpaired) electrons. The first-order chi connectivity index (χ1) is 19.5. The zero-order chi connectivity index (χ0) is 30.2. The molecule has 0 aliphatic carbocycles. The Bertz CT molecular complexity index is 1450. The van der Waals surface area contributed by atoms with Gasteiger partial charge in [0.15, 0.2) is 0 Å². The number of anilines is 1. The van der Waals surface area contributed by atoms with Crippen LogP contribution >= 0.6 is 23.2 Å². The summed E-state index contributed by atoms with van der Waals surface area (Å²) in [5.41, 5.74) is 2.83. The molecule has 1 atom stereocenters. The van der Waals surface area contributed by atoms with Gasteiger partial charge in [-0.2, -0.15) is 0 Å². The summed E-state index contributed by atoms with van der Waals surface area (Å²) in [6.45, 7) is 7.71. The predicted octanol–water partition coefficient (Wildman–Crippen LogP) is 6.53. The maximum atomic E-state index is 14.1. The Morgan fingerprint density at radius 2 is 1.51 bits per heavy atom. The maximum absolute atomic E-state index is 14.1. The van der Waals surface area contributed by atoms with Crippen LogP contribution in [0.3, 0.4) is 0 Å². The molecule has 0 unspecified atom stereocenters. The van der Waals surface area contributed by atoms with Crippen LogP contribution in [-0.4, -0.2) is 44.3 Å². The summed E-state index contributed by atoms with van der Waals surface area (Å²) < 4.78 is 28.9. The number of sulfonamides is 1. The average Bonchev–Trinajstić information content (AvgIpc) is 2.94. The highest BCUT2D eigenvalue weighted by Crippen LogP contribution is 2.35. The van der Waals surface area contributed by atoms with Crippen molar-refractivity contribution in [3.8, 4) is 0 Å². The summed E-state index contributed by atoms with van der Waals surface area (Å²) >= 11 is 12.8. The van der Waals surface area contributed by atoms with E-state index in [-0.39, 0.29) is 33.1 Å². The van der Waals surface area contributed by atoms with Crippen molar-refractivity contribution >= 4 is 50.7 Å². The van der Waals surface area contributed by atoms with Crippen molar-refractivity contribution < 1.29 is 18.0 Å². The van der Waals surface area contributed by atoms with Crippen LogP contribution in [0.5, 0.6) is 0 Å². The Morgan fingerprint density at radius 3 is 2.10 bits per heavy atom. The van der Waals surface area contributed by atoms with Crippen molar-refractivity contribution in [1.29, 1.82) is 0 Å². The topological polar surface area (TPSA) is 86.8 Å². The Kier molecular flexibility index (Phi) is 11.6. The van der Waals surface area contributed by atoms with E-state index in [0.29, 0.717) is 13.0 Å². The molecule has 10 heteroatoms. The van der Waals surface area contributed by atoms with E-state index >= 15 is 0 Å². The minimum absolute atomic E-state index is 0.00127. The van der Waals surface area contributed by atoms with Crippen molar-refractivity contribution in [1.82, 2.24) is 10.2 Å². The number of hydrogen-bond donors (Lipinski definition) is 1. The van der Waals surface area contributed by atoms with Gasteiger partial charge in [0.25, 0.3) is 10.0 Å². The zero-order valence-electron chi connectivity index (χ0n) is 23.9. The Labute approximate surface area is 253 Å². The van der Waals surface area contributed by atoms with E-state index in [1.54, 1.807) is 24.3 Å². The standard InChI is InChI=1S/C31H37Cl2N3O4S/c1-5-7-19-34-31(38)27(6-2)35(20-24-15-11-22(3)12-16-24)29(37)21-36(28-10-8-9-26(32)30(28)33)41(39,40)25-17-13-23(4)14-18-25/h8-18,27H,5-7,19-21H2,1-4H3,(H,34,38)/t27-/m1/s1. The van der Waals surface area contributed by atoms with Crippen molar-refractivity contribution in [2.24, 2.45) is 0 Å². The van der Waals surface area contributed by atoms with E-state index in [4.69, 9.17) is 23.2 Å². The first-order valence-corrected chi connectivity index (χ1v) is 15.8. The lowest BCUT2D eigenvalue weighted by Gasteiger charge is -2.33. The van der Waals surface area contributed by atoms with Crippen LogP contribution in [0.25, 0.3) is 0 Å². The lowest BCUT2D eigenvalue weighted by molar-refractivity contribution is -0.140. The quantitative estimate of drug-likeness (QED) is 0.221. The van der Waals surface area contributed by atoms with Crippen LogP contribution in [0.2, 0.25) is 10.0 Å². The SMILES string of the molecule is CCCCNC(=O)[C@@H](CC)N(Cc1ccc(C)cc1)C(=O)CN(c1cccc(Cl)c1Cl)S(=O)(=O)c1ccc(C)cc1. The molecule has 3 rings (SSSR count). The van der Waals surface area contributed by atoms with E-state index in [1.807, 2.05) is 52.0 Å². The van der Waals surface area contributed by atoms with Crippen molar-refractivity contribution in [2.45, 2.75) is 64.4 Å². The molecule has 0 spiro atoms. The molecule has 0 saturated carbocycles. The third-order valence-electron chi connectivity index (χ3n) is 6.78. The van der Waals surface area contributed by atoms with Gasteiger partial charge in [-0.3, -0.25) is 13.9 Å². The van der Waals surface area contributed by atoms with Crippen LogP contribution in [0.1, 0.15) is 49.8 Å². The van der Waals surface area contributed by atoms with Gasteiger partial charge in [-0.05, 0) is 56.5 Å². The van der Waals surface area contributed by atoms with Gasteiger partial charge in [0, 0.05) is 13.1 Å². The van der Waals surface area contributed by atoms with Gasteiger partial charge in [0.05, 0.1) is 20.6 Å². The molecular formula is C31H37Cl2N3O4S. The van der Waals surface area contributed by atoms with Gasteiger partial charge in [-0.15, -0.1) is 0 Å². The van der Waals surface area contributed by atoms with Crippen molar-refractivity contribution in [3.63, 3.8) is 0 Å². The van der Waals surface area contributed by atoms with Crippen LogP contribution in [0.15, 0.2) is 71.6 Å². The number of hydrogen-bond acceptors (Lipinski definition) is 4. The number of nitrogens with one attached hydrogen (secondary N) is 1. The smallest absolute Gasteiger partial charge is 0.264 e. The summed E-state index contributed by atoms with van der Waals surface area (Å²) in [6, 6.07) is 17.8. The van der Waals surface area contributed by atoms with Gasteiger partial charge in [0.2, 0.25) is 11.8 Å². The lowest BCUT2D eigenvalue weighted by atomic mass is 10.1. The maximum Gasteiger partial charge on any atom is 0.264 e. The fourth-order valence-corrected chi connectivity index (χ4v) is 6.23. The molecule has 0 fully saturated rings. The lowest BCUT2D eigenvalue weighted by Crippen LogP contribution is -2.52. The van der Waals surface area contributed by atoms with Crippen LogP contribution < -0.4 is 9.62 Å². The number of carbonyl (C=O) groups is 2. The van der Waals surface area contributed by atoms with Crippen molar-refractivity contribution in [3.05, 3.63) is 93.5 Å². The molecule has 0 aromatic heterocycles. The molecule has 41 heavy (non-hydrogen) atoms. The number of carbonyl (C=O) groups excluding carboxylic acids is 2. The van der Waals surface area contributed by atoms with Gasteiger partial charge < -0.3 is 10.2 Å². The number of unbranched alkanes of at least 4 members (excludes halogenated alkanes) is 1. The molecule has 220 valence electrons. The van der Waals surface area contributed by atoms with E-state index < -0.39 is 28.5 Å². The number of amides is 2. The first-order valence-electron chi connectivity index (χ1n) is 13.7. The van der Waals surface area contributed by atoms with Crippen LogP contribution in [-0.2, 0) is 26.2 Å². The summed E-state index contributed by atoms with van der Waals surface area (Å²) in [7, 11) is -4.25. The fourth-order valence-electron chi connectivity index (χ4n) is 4.35. The third-order valence-corrected chi connectivity index (χ3v) is 9.36. The number of aryl methyl sites for hydroxylation is 2. The summed E-state index contributed by atoms with van der Waals surface area (Å²) in [5.74, 6) is -0.829. The molecule has 0 aliphatic heterocycles. The zero-order valence-corrected chi connectivity index (χ0v) is 26.2. The second-order valence-electron chi connectivity index (χ2n) is 9.97. The van der Waals surface area contributed by atoms with E-state index in [2.05, 4.69) is 5.32 Å². The molecular weight excluding hydrogens is 581 g/mol. The average molecular weight is 619 g/mol. The second-order valence-corrected chi connectivity index (χ2v) is 12.6. The minimum atomic E-state index is -4.25. The molecule has 0 bridgehead atoms. The third kappa shape index (κ3) is 8.24. The predicted molar refractivity (Wildman–Crippen MR) is 166 cm³/mol. The monoisotopic (exact) mass is 617 g/mol. The summed E-state index contributed by atoms with van der Waals surface area (Å²) in [6.07, 6.45) is 2.07. The highest BCUT2D eigenvalue weighted by molar-refractivity contribution is 7.92. The van der Waals surface area contributed by atoms with E-state index in [9.17, 15) is 18.0 Å². The summed E-state index contributed by atoms with van der Waals surface area (Å²) in [5, 5.41) is 3.08. The van der Waals surface area contributed by atoms with Gasteiger partial charge in [0.1, 0.15) is 12.6 Å². The first kappa shape index (κ1) is 32.4. The molecule has 7 nitrogen and oxygen atoms in total. The molecule has 1 N–H and O–H groups in total. The number of rotatable bonds is 13. The normalized spacial score (nSPS) is 12.0. The number of nitrogens with zero attached hydrogens (tertiary/aromatic N) is 2. The van der Waals surface area contributed by atoms with Crippen LogP contribution in [0.4, 0.5) is 5.69 Å². The Hall–Kier alpha value is -3.07. The van der Waals surface area contributed by atoms with E-state index in [0.717, 1.165) is 33.8 Å². The van der Waals surface area contributed by atoms with E-state index in [1.165, 1.54) is 23.1 Å².